The van der Waals surface area contributed by atoms with Crippen LogP contribution in [0, 0.1) is 6.92 Å². The number of carboxylic acids is 1. The number of oxazole rings is 1. The van der Waals surface area contributed by atoms with E-state index in [-0.39, 0.29) is 33.5 Å². The van der Waals surface area contributed by atoms with Gasteiger partial charge in [-0.1, -0.05) is 41.9 Å². The number of hydrogen-bond acceptors (Lipinski definition) is 6. The molecular formula is C30H30ClLiN2O5S. The Balaban J connectivity index is 0.00000294. The van der Waals surface area contributed by atoms with Crippen molar-refractivity contribution in [3.05, 3.63) is 100 Å². The molecule has 10 heteroatoms. The predicted molar refractivity (Wildman–Crippen MR) is 155 cm³/mol. The van der Waals surface area contributed by atoms with Crippen LogP contribution in [0.1, 0.15) is 35.1 Å². The van der Waals surface area contributed by atoms with E-state index in [9.17, 15) is 14.7 Å². The quantitative estimate of drug-likeness (QED) is 0.249. The van der Waals surface area contributed by atoms with Crippen LogP contribution in [0.4, 0.5) is 0 Å². The van der Waals surface area contributed by atoms with E-state index in [0.29, 0.717) is 40.0 Å². The van der Waals surface area contributed by atoms with Crippen LogP contribution in [0.2, 0.25) is 5.02 Å². The molecular weight excluding hydrogens is 543 g/mol. The molecule has 40 heavy (non-hydrogen) atoms. The standard InChI is InChI=1S/C30H29ClN2O5S.Li.H/c1-19-5-3-4-6-24(19)26-15-20(7-12-25(26)28(34)33-27(30(35)36)13-14-39-2)17-37-18-23-16-32-29(38-23)21-8-10-22(31)11-9-21;;/h3-12,15-16,27H,13-14,17-18H2,1-2H3,(H,33,34)(H,35,36);;/q;+1;-1/t27-;;/m0../s1. The Bertz CT molecular complexity index is 1450. The van der Waals surface area contributed by atoms with E-state index in [0.717, 1.165) is 22.3 Å². The van der Waals surface area contributed by atoms with Crippen LogP contribution in [0.15, 0.2) is 77.3 Å². The van der Waals surface area contributed by atoms with E-state index in [2.05, 4.69) is 10.3 Å². The third kappa shape index (κ3) is 8.26. The van der Waals surface area contributed by atoms with Crippen LogP contribution in [0.25, 0.3) is 22.6 Å². The molecule has 0 unspecified atom stereocenters. The molecule has 0 radical (unpaired) electrons. The molecule has 1 aromatic heterocycles. The average molecular weight is 573 g/mol. The fourth-order valence-corrected chi connectivity index (χ4v) is 4.67. The van der Waals surface area contributed by atoms with E-state index in [1.807, 2.05) is 61.7 Å². The molecule has 0 saturated carbocycles. The maximum absolute atomic E-state index is 13.2. The zero-order valence-corrected chi connectivity index (χ0v) is 24.2. The van der Waals surface area contributed by atoms with Gasteiger partial charge >= 0.3 is 24.8 Å². The van der Waals surface area contributed by atoms with Crippen molar-refractivity contribution in [1.29, 1.82) is 0 Å². The fraction of sp³-hybridized carbons (Fsp3) is 0.233. The van der Waals surface area contributed by atoms with Gasteiger partial charge in [0.2, 0.25) is 5.89 Å². The summed E-state index contributed by atoms with van der Waals surface area (Å²) >= 11 is 7.49. The van der Waals surface area contributed by atoms with Gasteiger partial charge in [-0.25, -0.2) is 9.78 Å². The third-order valence-corrected chi connectivity index (χ3v) is 7.03. The Kier molecular flexibility index (Phi) is 11.9. The van der Waals surface area contributed by atoms with E-state index in [4.69, 9.17) is 20.8 Å². The first-order valence-electron chi connectivity index (χ1n) is 12.4. The van der Waals surface area contributed by atoms with Gasteiger partial charge in [0.15, 0.2) is 5.76 Å². The average Bonchev–Trinajstić information content (AvgIpc) is 3.40. The molecule has 0 saturated heterocycles. The molecule has 1 amide bonds. The molecule has 4 aromatic rings. The van der Waals surface area contributed by atoms with Crippen molar-refractivity contribution in [3.63, 3.8) is 0 Å². The molecule has 0 aliphatic heterocycles. The van der Waals surface area contributed by atoms with Crippen LogP contribution >= 0.6 is 23.4 Å². The minimum Gasteiger partial charge on any atom is -1.00 e. The van der Waals surface area contributed by atoms with Crippen molar-refractivity contribution in [2.24, 2.45) is 0 Å². The maximum atomic E-state index is 13.2. The molecule has 0 aliphatic carbocycles. The van der Waals surface area contributed by atoms with Gasteiger partial charge in [-0.3, -0.25) is 4.79 Å². The largest absolute Gasteiger partial charge is 1.00 e. The number of aromatic nitrogens is 1. The first kappa shape index (κ1) is 31.5. The first-order valence-corrected chi connectivity index (χ1v) is 14.1. The number of aliphatic carboxylic acids is 1. The summed E-state index contributed by atoms with van der Waals surface area (Å²) in [6.07, 6.45) is 3.88. The molecule has 0 aliphatic rings. The van der Waals surface area contributed by atoms with Crippen LogP contribution < -0.4 is 24.2 Å². The number of ether oxygens (including phenoxy) is 1. The molecule has 1 atom stereocenters. The van der Waals surface area contributed by atoms with E-state index >= 15 is 0 Å². The van der Waals surface area contributed by atoms with Crippen LogP contribution in [0.3, 0.4) is 0 Å². The van der Waals surface area contributed by atoms with Gasteiger partial charge in [-0.05, 0) is 84.0 Å². The molecule has 1 heterocycles. The van der Waals surface area contributed by atoms with Crippen LogP contribution in [0.5, 0.6) is 0 Å². The first-order chi connectivity index (χ1) is 18.9. The SMILES string of the molecule is CSCC[C@H](NC(=O)c1ccc(COCc2cnc(-c3ccc(Cl)cc3)o2)cc1-c1ccccc1C)C(=O)O.[H-].[Li+]. The molecule has 3 aromatic carbocycles. The molecule has 0 fully saturated rings. The Hall–Kier alpha value is -2.99. The second-order valence-corrected chi connectivity index (χ2v) is 10.4. The van der Waals surface area contributed by atoms with Crippen molar-refractivity contribution in [2.45, 2.75) is 32.6 Å². The summed E-state index contributed by atoms with van der Waals surface area (Å²) in [7, 11) is 0. The number of carboxylic acid groups (broad SMARTS) is 1. The van der Waals surface area contributed by atoms with Crippen LogP contribution in [-0.2, 0) is 22.7 Å². The second-order valence-electron chi connectivity index (χ2n) is 8.97. The molecule has 4 rings (SSSR count). The summed E-state index contributed by atoms with van der Waals surface area (Å²) in [5, 5.41) is 12.9. The van der Waals surface area contributed by atoms with Crippen molar-refractivity contribution in [3.8, 4) is 22.6 Å². The van der Waals surface area contributed by atoms with Gasteiger partial charge in [0.25, 0.3) is 5.91 Å². The minimum absolute atomic E-state index is 0. The third-order valence-electron chi connectivity index (χ3n) is 6.14. The number of halogens is 1. The summed E-state index contributed by atoms with van der Waals surface area (Å²) in [4.78, 5) is 29.3. The van der Waals surface area contributed by atoms with E-state index in [1.165, 1.54) is 11.8 Å². The number of nitrogens with one attached hydrogen (secondary N) is 1. The number of amides is 1. The second kappa shape index (κ2) is 15.1. The van der Waals surface area contributed by atoms with Crippen LogP contribution in [-0.4, -0.2) is 40.0 Å². The molecule has 0 bridgehead atoms. The number of carbonyl (C=O) groups is 2. The Morgan fingerprint density at radius 3 is 2.55 bits per heavy atom. The molecule has 7 nitrogen and oxygen atoms in total. The fourth-order valence-electron chi connectivity index (χ4n) is 4.08. The number of benzene rings is 3. The zero-order valence-electron chi connectivity index (χ0n) is 23.6. The molecule has 2 N–H and O–H groups in total. The Morgan fingerprint density at radius 2 is 1.85 bits per heavy atom. The summed E-state index contributed by atoms with van der Waals surface area (Å²) in [6, 6.07) is 19.5. The molecule has 204 valence electrons. The summed E-state index contributed by atoms with van der Waals surface area (Å²) in [5.41, 5.74) is 4.69. The maximum Gasteiger partial charge on any atom is 1.00 e. The predicted octanol–water partition coefficient (Wildman–Crippen LogP) is 3.74. The number of carbonyl (C=O) groups excluding carboxylic acids is 1. The summed E-state index contributed by atoms with van der Waals surface area (Å²) in [5.74, 6) is 0.224. The van der Waals surface area contributed by atoms with Gasteiger partial charge in [0.1, 0.15) is 12.6 Å². The van der Waals surface area contributed by atoms with Gasteiger partial charge in [-0.15, -0.1) is 0 Å². The number of aryl methyl sites for hydroxylation is 1. The normalized spacial score (nSPS) is 11.5. The topological polar surface area (TPSA) is 102 Å². The van der Waals surface area contributed by atoms with Crippen molar-refractivity contribution in [2.75, 3.05) is 12.0 Å². The van der Waals surface area contributed by atoms with Crippen molar-refractivity contribution < 1.29 is 44.1 Å². The van der Waals surface area contributed by atoms with Gasteiger partial charge in [0.05, 0.1) is 12.8 Å². The van der Waals surface area contributed by atoms with Gasteiger partial charge < -0.3 is 21.0 Å². The summed E-state index contributed by atoms with van der Waals surface area (Å²) < 4.78 is 11.7. The Morgan fingerprint density at radius 1 is 1.10 bits per heavy atom. The Labute approximate surface area is 256 Å². The van der Waals surface area contributed by atoms with E-state index < -0.39 is 17.9 Å². The van der Waals surface area contributed by atoms with Gasteiger partial charge in [0, 0.05) is 16.1 Å². The number of nitrogens with zero attached hydrogens (tertiary/aromatic N) is 1. The monoisotopic (exact) mass is 572 g/mol. The number of hydrogen-bond donors (Lipinski definition) is 2. The van der Waals surface area contributed by atoms with E-state index in [1.54, 1.807) is 24.4 Å². The number of rotatable bonds is 12. The van der Waals surface area contributed by atoms with Crippen molar-refractivity contribution in [1.82, 2.24) is 10.3 Å². The zero-order chi connectivity index (χ0) is 27.8. The molecule has 0 spiro atoms. The number of thioether (sulfide) groups is 1. The summed E-state index contributed by atoms with van der Waals surface area (Å²) in [6.45, 7) is 2.47. The van der Waals surface area contributed by atoms with Crippen molar-refractivity contribution >= 4 is 35.2 Å². The smallest absolute Gasteiger partial charge is 1.00 e. The van der Waals surface area contributed by atoms with Gasteiger partial charge in [-0.2, -0.15) is 11.8 Å². The minimum atomic E-state index is -1.05.